The van der Waals surface area contributed by atoms with Crippen LogP contribution in [-0.4, -0.2) is 85.4 Å². The van der Waals surface area contributed by atoms with Crippen molar-refractivity contribution < 1.29 is 45.0 Å². The molecule has 5 atom stereocenters. The van der Waals surface area contributed by atoms with Crippen molar-refractivity contribution in [3.8, 4) is 25.7 Å². The highest BCUT2D eigenvalue weighted by atomic mass is 16.4. The van der Waals surface area contributed by atoms with E-state index in [4.69, 9.17) is 10.2 Å². The molecule has 0 spiro atoms. The molecule has 0 aliphatic rings. The molecule has 0 aliphatic heterocycles. The van der Waals surface area contributed by atoms with E-state index >= 15 is 0 Å². The zero-order valence-corrected chi connectivity index (χ0v) is 13.5. The Bertz CT molecular complexity index is 454. The number of carbonyl (C=O) groups is 3. The quantitative estimate of drug-likeness (QED) is 0.161. The van der Waals surface area contributed by atoms with Gasteiger partial charge in [0.05, 0.1) is 18.8 Å². The lowest BCUT2D eigenvalue weighted by atomic mass is 9.94. The van der Waals surface area contributed by atoms with Gasteiger partial charge in [0.15, 0.2) is 0 Å². The lowest BCUT2D eigenvalue weighted by Gasteiger charge is -2.32. The predicted molar refractivity (Wildman–Crippen MR) is 85.8 cm³/mol. The number of nitrogens with one attached hydrogen (secondary N) is 1. The number of carboxylic acids is 1. The number of hydrogen-bond acceptors (Lipinski definition) is 8. The van der Waals surface area contributed by atoms with Crippen LogP contribution in [0, 0.1) is 25.7 Å². The van der Waals surface area contributed by atoms with Crippen LogP contribution in [0.25, 0.3) is 0 Å². The summed E-state index contributed by atoms with van der Waals surface area (Å²) >= 11 is 0. The summed E-state index contributed by atoms with van der Waals surface area (Å²) in [5.74, 6) is -3.89. The average molecular weight is 361 g/mol. The van der Waals surface area contributed by atoms with Crippen molar-refractivity contribution in [1.29, 1.82) is 0 Å². The minimum absolute atomic E-state index is 0.730. The first-order valence-corrected chi connectivity index (χ1v) is 6.64. The number of amides is 1. The number of hydrogen-bond donors (Lipinski definition) is 7. The Kier molecular flexibility index (Phi) is 16.5. The molecule has 0 radical (unpaired) electrons. The minimum Gasteiger partial charge on any atom is -0.475 e. The van der Waals surface area contributed by atoms with Gasteiger partial charge in [0.1, 0.15) is 18.3 Å². The number of terminal acetylenes is 2. The molecule has 0 aromatic rings. The van der Waals surface area contributed by atoms with Gasteiger partial charge in [-0.15, -0.1) is 25.7 Å². The van der Waals surface area contributed by atoms with Crippen molar-refractivity contribution in [2.24, 2.45) is 0 Å². The fraction of sp³-hybridized carbons (Fsp3) is 0.533. The molecule has 1 amide bonds. The van der Waals surface area contributed by atoms with E-state index < -0.39 is 61.1 Å². The average Bonchev–Trinajstić information content (AvgIpc) is 2.60. The van der Waals surface area contributed by atoms with E-state index in [0.717, 1.165) is 6.92 Å². The second-order valence-electron chi connectivity index (χ2n) is 4.46. The van der Waals surface area contributed by atoms with Crippen molar-refractivity contribution >= 4 is 17.7 Å². The summed E-state index contributed by atoms with van der Waals surface area (Å²) in [4.78, 5) is 32.4. The van der Waals surface area contributed by atoms with Crippen LogP contribution in [0.2, 0.25) is 0 Å². The Morgan fingerprint density at radius 3 is 1.68 bits per heavy atom. The van der Waals surface area contributed by atoms with E-state index in [0.29, 0.717) is 0 Å². The zero-order chi connectivity index (χ0) is 20.7. The van der Waals surface area contributed by atoms with Gasteiger partial charge >= 0.3 is 5.97 Å². The van der Waals surface area contributed by atoms with Gasteiger partial charge in [0, 0.05) is 13.3 Å². The van der Waals surface area contributed by atoms with E-state index in [-0.39, 0.29) is 0 Å². The summed E-state index contributed by atoms with van der Waals surface area (Å²) in [6.45, 7) is 0.134. The summed E-state index contributed by atoms with van der Waals surface area (Å²) in [7, 11) is 0. The van der Waals surface area contributed by atoms with E-state index in [1.54, 1.807) is 0 Å². The molecule has 7 N–H and O–H groups in total. The molecular weight excluding hydrogens is 338 g/mol. The van der Waals surface area contributed by atoms with Gasteiger partial charge in [-0.05, 0) is 0 Å². The number of aliphatic hydroxyl groups excluding tert-OH is 5. The van der Waals surface area contributed by atoms with Gasteiger partial charge in [-0.25, -0.2) is 4.79 Å². The molecule has 0 unspecified atom stereocenters. The first-order chi connectivity index (χ1) is 11.6. The Balaban J connectivity index is -0.00000112. The molecule has 10 nitrogen and oxygen atoms in total. The van der Waals surface area contributed by atoms with Gasteiger partial charge in [-0.1, -0.05) is 0 Å². The molecule has 0 saturated heterocycles. The molecule has 0 rings (SSSR count). The standard InChI is InChI=1S/C11H19NO9.2C2H2/c1-4(14)12-8(5(15)2-6(16)11(20)21)10(19)9(18)7(17)3-13;2*1-2/h5,7-10,13,15,17-19H,2-3H2,1H3,(H,12,14)(H,20,21);2*1-2H/t5-,7+,8+,9+,10+;;/m0../s1. The van der Waals surface area contributed by atoms with Crippen LogP contribution in [0.5, 0.6) is 0 Å². The lowest BCUT2D eigenvalue weighted by molar-refractivity contribution is -0.151. The maximum Gasteiger partial charge on any atom is 0.372 e. The second kappa shape index (κ2) is 15.1. The molecule has 0 bridgehead atoms. The molecular formula is C15H23NO9. The van der Waals surface area contributed by atoms with Gasteiger partial charge in [-0.2, -0.15) is 0 Å². The highest BCUT2D eigenvalue weighted by Gasteiger charge is 2.37. The summed E-state index contributed by atoms with van der Waals surface area (Å²) in [5.41, 5.74) is 0. The van der Waals surface area contributed by atoms with E-state index in [1.807, 2.05) is 5.32 Å². The largest absolute Gasteiger partial charge is 0.475 e. The van der Waals surface area contributed by atoms with E-state index in [2.05, 4.69) is 25.7 Å². The van der Waals surface area contributed by atoms with Crippen LogP contribution in [0.4, 0.5) is 0 Å². The van der Waals surface area contributed by atoms with Gasteiger partial charge in [-0.3, -0.25) is 9.59 Å². The third-order valence-electron chi connectivity index (χ3n) is 2.72. The van der Waals surface area contributed by atoms with Crippen LogP contribution < -0.4 is 5.32 Å². The zero-order valence-electron chi connectivity index (χ0n) is 13.5. The minimum atomic E-state index is -1.94. The second-order valence-corrected chi connectivity index (χ2v) is 4.46. The summed E-state index contributed by atoms with van der Waals surface area (Å²) in [6.07, 6.45) is 7.65. The van der Waals surface area contributed by atoms with Crippen molar-refractivity contribution in [3.63, 3.8) is 0 Å². The number of Topliss-reactive ketones (excluding diaryl/α,β-unsaturated/α-hetero) is 1. The molecule has 10 heteroatoms. The first kappa shape index (κ1) is 27.4. The fourth-order valence-electron chi connectivity index (χ4n) is 1.60. The number of carbonyl (C=O) groups excluding carboxylic acids is 2. The third kappa shape index (κ3) is 10.8. The maximum absolute atomic E-state index is 11.0. The Morgan fingerprint density at radius 1 is 0.920 bits per heavy atom. The fourth-order valence-corrected chi connectivity index (χ4v) is 1.60. The first-order valence-electron chi connectivity index (χ1n) is 6.64. The summed E-state index contributed by atoms with van der Waals surface area (Å²) in [6, 6.07) is -1.61. The molecule has 0 heterocycles. The van der Waals surface area contributed by atoms with E-state index in [1.165, 1.54) is 0 Å². The van der Waals surface area contributed by atoms with E-state index in [9.17, 15) is 34.8 Å². The molecule has 0 fully saturated rings. The third-order valence-corrected chi connectivity index (χ3v) is 2.72. The number of carboxylic acid groups (broad SMARTS) is 1. The highest BCUT2D eigenvalue weighted by molar-refractivity contribution is 6.32. The topological polar surface area (TPSA) is 185 Å². The molecule has 25 heavy (non-hydrogen) atoms. The van der Waals surface area contributed by atoms with Crippen molar-refractivity contribution in [2.75, 3.05) is 6.61 Å². The number of rotatable bonds is 9. The lowest BCUT2D eigenvalue weighted by Crippen LogP contribution is -2.57. The van der Waals surface area contributed by atoms with Crippen molar-refractivity contribution in [2.45, 2.75) is 43.8 Å². The van der Waals surface area contributed by atoms with Gasteiger partial charge < -0.3 is 36.0 Å². The molecule has 0 saturated carbocycles. The number of aliphatic carboxylic acids is 1. The predicted octanol–water partition coefficient (Wildman–Crippen LogP) is -3.53. The Morgan fingerprint density at radius 2 is 1.36 bits per heavy atom. The molecule has 0 aromatic carbocycles. The van der Waals surface area contributed by atoms with Crippen molar-refractivity contribution in [1.82, 2.24) is 5.32 Å². The van der Waals surface area contributed by atoms with Crippen LogP contribution in [0.1, 0.15) is 13.3 Å². The SMILES string of the molecule is C#C.C#C.CC(=O)N[C@@H]([C@@H](O)[C@H](O)[C@H](O)CO)[C@@H](O)CC(=O)C(=O)O. The molecule has 0 aromatic heterocycles. The summed E-state index contributed by atoms with van der Waals surface area (Å²) < 4.78 is 0. The van der Waals surface area contributed by atoms with Crippen LogP contribution >= 0.6 is 0 Å². The molecule has 0 aliphatic carbocycles. The van der Waals surface area contributed by atoms with Crippen LogP contribution in [0.3, 0.4) is 0 Å². The van der Waals surface area contributed by atoms with Crippen LogP contribution in [-0.2, 0) is 14.4 Å². The van der Waals surface area contributed by atoms with Crippen LogP contribution in [0.15, 0.2) is 0 Å². The Labute approximate surface area is 145 Å². The van der Waals surface area contributed by atoms with Gasteiger partial charge in [0.25, 0.3) is 0 Å². The van der Waals surface area contributed by atoms with Crippen molar-refractivity contribution in [3.05, 3.63) is 0 Å². The summed E-state index contributed by atoms with van der Waals surface area (Å²) in [5, 5.41) is 57.4. The highest BCUT2D eigenvalue weighted by Crippen LogP contribution is 2.11. The monoisotopic (exact) mass is 361 g/mol. The number of aliphatic hydroxyl groups is 5. The Hall–Kier alpha value is -2.47. The smallest absolute Gasteiger partial charge is 0.372 e. The number of ketones is 1. The maximum atomic E-state index is 11.0. The molecule has 142 valence electrons. The normalized spacial score (nSPS) is 15.4. The van der Waals surface area contributed by atoms with Gasteiger partial charge in [0.2, 0.25) is 11.7 Å².